The minimum atomic E-state index is -5.32. The third-order valence-corrected chi connectivity index (χ3v) is 3.97. The molecule has 2 nitrogen and oxygen atoms in total. The second-order valence-corrected chi connectivity index (χ2v) is 6.59. The summed E-state index contributed by atoms with van der Waals surface area (Å²) in [5.41, 5.74) is -3.96. The first-order valence-electron chi connectivity index (χ1n) is 4.18. The first-order valence-corrected chi connectivity index (χ1v) is 7.28. The Kier molecular flexibility index (Phi) is 4.20. The first-order chi connectivity index (χ1) is 8.26. The molecule has 19 heavy (non-hydrogen) atoms. The number of rotatable bonds is 1. The summed E-state index contributed by atoms with van der Waals surface area (Å²) in [5.74, 6) is 0. The first kappa shape index (κ1) is 16.6. The van der Waals surface area contributed by atoms with Crippen LogP contribution < -0.4 is 0 Å². The summed E-state index contributed by atoms with van der Waals surface area (Å²) >= 11 is 2.37. The summed E-state index contributed by atoms with van der Waals surface area (Å²) in [7, 11) is -0.546. The second kappa shape index (κ2) is 4.81. The number of hydrogen-bond acceptors (Lipinski definition) is 2. The Balaban J connectivity index is 3.94. The van der Waals surface area contributed by atoms with E-state index in [1.165, 1.54) is 0 Å². The van der Waals surface area contributed by atoms with E-state index in [2.05, 4.69) is 15.9 Å². The zero-order valence-corrected chi connectivity index (χ0v) is 11.6. The Morgan fingerprint density at radius 3 is 1.79 bits per heavy atom. The highest BCUT2D eigenvalue weighted by Crippen LogP contribution is 2.45. The minimum Gasteiger partial charge on any atom is -0.207 e. The molecule has 0 amide bonds. The van der Waals surface area contributed by atoms with Crippen LogP contribution in [0.1, 0.15) is 11.1 Å². The van der Waals surface area contributed by atoms with Crippen LogP contribution in [0.15, 0.2) is 21.5 Å². The Labute approximate surface area is 115 Å². The molecule has 0 saturated heterocycles. The Morgan fingerprint density at radius 2 is 1.47 bits per heavy atom. The van der Waals surface area contributed by atoms with E-state index in [9.17, 15) is 34.8 Å². The van der Waals surface area contributed by atoms with Gasteiger partial charge < -0.3 is 0 Å². The summed E-state index contributed by atoms with van der Waals surface area (Å²) in [6, 6.07) is 0.659. The van der Waals surface area contributed by atoms with Gasteiger partial charge in [-0.2, -0.15) is 26.3 Å². The minimum absolute atomic E-state index is 0.203. The van der Waals surface area contributed by atoms with Crippen LogP contribution in [0.25, 0.3) is 0 Å². The third kappa shape index (κ3) is 3.54. The molecule has 0 N–H and O–H groups in total. The van der Waals surface area contributed by atoms with Crippen LogP contribution in [0.2, 0.25) is 0 Å². The third-order valence-electron chi connectivity index (χ3n) is 1.94. The second-order valence-electron chi connectivity index (χ2n) is 3.23. The molecule has 0 aliphatic carbocycles. The summed E-state index contributed by atoms with van der Waals surface area (Å²) in [6.45, 7) is 0. The Bertz CT molecular complexity index is 607. The van der Waals surface area contributed by atoms with Crippen molar-refractivity contribution in [1.29, 1.82) is 0 Å². The lowest BCUT2D eigenvalue weighted by Crippen LogP contribution is -2.18. The van der Waals surface area contributed by atoms with Gasteiger partial charge in [-0.25, -0.2) is 8.42 Å². The van der Waals surface area contributed by atoms with Crippen LogP contribution in [-0.2, 0) is 21.4 Å². The smallest absolute Gasteiger partial charge is 0.207 e. The van der Waals surface area contributed by atoms with Gasteiger partial charge in [-0.05, 0) is 12.1 Å². The van der Waals surface area contributed by atoms with E-state index in [0.717, 1.165) is 0 Å². The molecule has 0 spiro atoms. The van der Waals surface area contributed by atoms with E-state index in [1.54, 1.807) is 0 Å². The molecule has 0 heterocycles. The van der Waals surface area contributed by atoms with Crippen LogP contribution in [-0.4, -0.2) is 8.42 Å². The van der Waals surface area contributed by atoms with E-state index >= 15 is 0 Å². The molecule has 0 radical (unpaired) electrons. The maximum absolute atomic E-state index is 12.7. The largest absolute Gasteiger partial charge is 0.418 e. The highest BCUT2D eigenvalue weighted by molar-refractivity contribution is 9.10. The standard InChI is InChI=1S/C8H2BrClF6O2S/c9-4-2-1-3(7(11,12)13)6(19(10,17)18)5(4)8(14,15)16/h1-2H. The molecule has 0 aliphatic heterocycles. The summed E-state index contributed by atoms with van der Waals surface area (Å²) in [5, 5.41) is 0. The number of halogens is 8. The van der Waals surface area contributed by atoms with Gasteiger partial charge in [0, 0.05) is 15.2 Å². The maximum Gasteiger partial charge on any atom is 0.418 e. The molecule has 0 aromatic heterocycles. The molecule has 0 fully saturated rings. The summed E-state index contributed by atoms with van der Waals surface area (Å²) < 4.78 is 97.1. The fourth-order valence-corrected chi connectivity index (χ4v) is 3.38. The topological polar surface area (TPSA) is 34.1 Å². The van der Waals surface area contributed by atoms with Crippen molar-refractivity contribution >= 4 is 35.7 Å². The van der Waals surface area contributed by atoms with Gasteiger partial charge in [-0.3, -0.25) is 0 Å². The zero-order chi connectivity index (χ0) is 15.2. The van der Waals surface area contributed by atoms with Gasteiger partial charge in [0.25, 0.3) is 9.05 Å². The lowest BCUT2D eigenvalue weighted by atomic mass is 10.1. The Hall–Kier alpha value is -0.480. The predicted molar refractivity (Wildman–Crippen MR) is 57.2 cm³/mol. The van der Waals surface area contributed by atoms with Crippen molar-refractivity contribution < 1.29 is 34.8 Å². The summed E-state index contributed by atoms with van der Waals surface area (Å²) in [4.78, 5) is -2.01. The van der Waals surface area contributed by atoms with Crippen molar-refractivity contribution in [3.05, 3.63) is 27.7 Å². The highest BCUT2D eigenvalue weighted by atomic mass is 79.9. The lowest BCUT2D eigenvalue weighted by Gasteiger charge is -2.17. The van der Waals surface area contributed by atoms with E-state index in [1.807, 2.05) is 0 Å². The van der Waals surface area contributed by atoms with Crippen molar-refractivity contribution in [3.63, 3.8) is 0 Å². The van der Waals surface area contributed by atoms with Crippen molar-refractivity contribution in [3.8, 4) is 0 Å². The van der Waals surface area contributed by atoms with E-state index in [4.69, 9.17) is 10.7 Å². The average molecular weight is 392 g/mol. The lowest BCUT2D eigenvalue weighted by molar-refractivity contribution is -0.147. The zero-order valence-electron chi connectivity index (χ0n) is 8.40. The maximum atomic E-state index is 12.7. The molecule has 1 rings (SSSR count). The fourth-order valence-electron chi connectivity index (χ4n) is 1.30. The van der Waals surface area contributed by atoms with Crippen LogP contribution in [0, 0.1) is 0 Å². The van der Waals surface area contributed by atoms with Gasteiger partial charge in [-0.15, -0.1) is 0 Å². The SMILES string of the molecule is O=S(=O)(Cl)c1c(C(F)(F)F)ccc(Br)c1C(F)(F)F. The highest BCUT2D eigenvalue weighted by Gasteiger charge is 2.46. The van der Waals surface area contributed by atoms with E-state index in [0.29, 0.717) is 6.07 Å². The van der Waals surface area contributed by atoms with E-state index < -0.39 is 41.9 Å². The molecule has 108 valence electrons. The van der Waals surface area contributed by atoms with Crippen LogP contribution in [0.4, 0.5) is 26.3 Å². The molecule has 0 bridgehead atoms. The van der Waals surface area contributed by atoms with Crippen molar-refractivity contribution in [2.45, 2.75) is 17.2 Å². The van der Waals surface area contributed by atoms with Gasteiger partial charge in [-0.1, -0.05) is 15.9 Å². The van der Waals surface area contributed by atoms with Crippen LogP contribution >= 0.6 is 26.6 Å². The molecule has 0 saturated carbocycles. The number of hydrogen-bond donors (Lipinski definition) is 0. The molecule has 0 aliphatic rings. The quantitative estimate of drug-likeness (QED) is 0.525. The van der Waals surface area contributed by atoms with E-state index in [-0.39, 0.29) is 6.07 Å². The number of alkyl halides is 6. The van der Waals surface area contributed by atoms with Gasteiger partial charge in [0.15, 0.2) is 0 Å². The van der Waals surface area contributed by atoms with Gasteiger partial charge in [0.05, 0.1) is 11.1 Å². The van der Waals surface area contributed by atoms with Crippen molar-refractivity contribution in [1.82, 2.24) is 0 Å². The number of benzene rings is 1. The predicted octanol–water partition coefficient (Wildman–Crippen LogP) is 4.41. The Morgan fingerprint density at radius 1 is 1.00 bits per heavy atom. The normalized spacial score (nSPS) is 13.7. The molecule has 11 heteroatoms. The molecule has 0 unspecified atom stereocenters. The van der Waals surface area contributed by atoms with Gasteiger partial charge in [0.2, 0.25) is 0 Å². The fraction of sp³-hybridized carbons (Fsp3) is 0.250. The van der Waals surface area contributed by atoms with Crippen LogP contribution in [0.3, 0.4) is 0 Å². The van der Waals surface area contributed by atoms with Crippen molar-refractivity contribution in [2.75, 3.05) is 0 Å². The molecule has 1 aromatic carbocycles. The monoisotopic (exact) mass is 390 g/mol. The van der Waals surface area contributed by atoms with Gasteiger partial charge >= 0.3 is 12.4 Å². The molecular weight excluding hydrogens is 389 g/mol. The summed E-state index contributed by atoms with van der Waals surface area (Å²) in [6.07, 6.45) is -10.6. The van der Waals surface area contributed by atoms with Gasteiger partial charge in [0.1, 0.15) is 4.90 Å². The molecule has 0 atom stereocenters. The van der Waals surface area contributed by atoms with Crippen molar-refractivity contribution in [2.24, 2.45) is 0 Å². The van der Waals surface area contributed by atoms with Crippen LogP contribution in [0.5, 0.6) is 0 Å². The molecular formula is C8H2BrClF6O2S. The molecule has 1 aromatic rings. The average Bonchev–Trinajstić information content (AvgIpc) is 2.11.